The van der Waals surface area contributed by atoms with Crippen molar-refractivity contribution in [2.24, 2.45) is 11.1 Å². The van der Waals surface area contributed by atoms with Crippen molar-refractivity contribution < 1.29 is 14.0 Å². The lowest BCUT2D eigenvalue weighted by Gasteiger charge is -2.25. The predicted molar refractivity (Wildman–Crippen MR) is 107 cm³/mol. The van der Waals surface area contributed by atoms with Gasteiger partial charge in [0.15, 0.2) is 0 Å². The average molecular weight is 396 g/mol. The lowest BCUT2D eigenvalue weighted by Crippen LogP contribution is -2.25. The Kier molecular flexibility index (Phi) is 5.83. The summed E-state index contributed by atoms with van der Waals surface area (Å²) in [5, 5.41) is 7.08. The molecule has 7 heteroatoms. The summed E-state index contributed by atoms with van der Waals surface area (Å²) >= 11 is 0. The quantitative estimate of drug-likeness (QED) is 0.831. The molecule has 2 aliphatic rings. The highest BCUT2D eigenvalue weighted by atomic mass is 19.1. The highest BCUT2D eigenvalue weighted by molar-refractivity contribution is 6.01. The van der Waals surface area contributed by atoms with Gasteiger partial charge in [-0.05, 0) is 49.4 Å². The van der Waals surface area contributed by atoms with Crippen LogP contribution >= 0.6 is 0 Å². The number of halogens is 1. The molecule has 1 aliphatic heterocycles. The number of rotatable bonds is 5. The van der Waals surface area contributed by atoms with Crippen molar-refractivity contribution in [3.8, 4) is 0 Å². The van der Waals surface area contributed by atoms with E-state index in [-0.39, 0.29) is 17.8 Å². The van der Waals surface area contributed by atoms with Gasteiger partial charge >= 0.3 is 0 Å². The van der Waals surface area contributed by atoms with E-state index in [4.69, 9.17) is 4.84 Å². The predicted octanol–water partition coefficient (Wildman–Crippen LogP) is 3.93. The minimum atomic E-state index is -0.303. The zero-order chi connectivity index (χ0) is 20.2. The highest BCUT2D eigenvalue weighted by Gasteiger charge is 2.32. The molecule has 29 heavy (non-hydrogen) atoms. The minimum Gasteiger partial charge on any atom is -0.391 e. The van der Waals surface area contributed by atoms with Gasteiger partial charge < -0.3 is 10.2 Å². The summed E-state index contributed by atoms with van der Waals surface area (Å²) in [5.41, 5.74) is 2.52. The van der Waals surface area contributed by atoms with E-state index < -0.39 is 0 Å². The molecule has 6 nitrogen and oxygen atoms in total. The van der Waals surface area contributed by atoms with Crippen LogP contribution in [0.3, 0.4) is 0 Å². The second-order valence-electron chi connectivity index (χ2n) is 7.78. The molecule has 1 fully saturated rings. The van der Waals surface area contributed by atoms with E-state index in [2.05, 4.69) is 20.4 Å². The summed E-state index contributed by atoms with van der Waals surface area (Å²) < 4.78 is 13.0. The third kappa shape index (κ3) is 4.78. The number of carbonyl (C=O) groups excluding carboxylic acids is 1. The van der Waals surface area contributed by atoms with E-state index >= 15 is 0 Å². The van der Waals surface area contributed by atoms with Crippen LogP contribution < -0.4 is 5.32 Å². The Morgan fingerprint density at radius 1 is 1.17 bits per heavy atom. The molecule has 1 saturated carbocycles. The standard InChI is InChI=1S/C22H25FN4O2/c1-14-25-18(19-12-21(29-27-19)16-5-3-2-4-6-16)11-20(26-14)22(28)24-13-15-7-9-17(23)10-8-15/h7-11,16,21H,2-6,12-13H2,1H3,(H,24,28). The molecule has 1 aliphatic carbocycles. The van der Waals surface area contributed by atoms with E-state index in [1.54, 1.807) is 25.1 Å². The number of carbonyl (C=O) groups is 1. The fraction of sp³-hybridized carbons (Fsp3) is 0.455. The summed E-state index contributed by atoms with van der Waals surface area (Å²) in [6, 6.07) is 7.69. The first-order valence-corrected chi connectivity index (χ1v) is 10.2. The lowest BCUT2D eigenvalue weighted by molar-refractivity contribution is 0.0268. The van der Waals surface area contributed by atoms with Crippen LogP contribution in [-0.4, -0.2) is 27.7 Å². The number of oxime groups is 1. The Hall–Kier alpha value is -2.83. The minimum absolute atomic E-state index is 0.108. The Balaban J connectivity index is 1.42. The Labute approximate surface area is 169 Å². The van der Waals surface area contributed by atoms with Crippen molar-refractivity contribution in [1.29, 1.82) is 0 Å². The van der Waals surface area contributed by atoms with Gasteiger partial charge in [0, 0.05) is 13.0 Å². The summed E-state index contributed by atoms with van der Waals surface area (Å²) in [6.45, 7) is 2.06. The van der Waals surface area contributed by atoms with Gasteiger partial charge in [-0.25, -0.2) is 14.4 Å². The van der Waals surface area contributed by atoms with Crippen LogP contribution in [0.1, 0.15) is 66.1 Å². The lowest BCUT2D eigenvalue weighted by atomic mass is 9.83. The normalized spacial score (nSPS) is 19.5. The van der Waals surface area contributed by atoms with Crippen LogP contribution in [0.4, 0.5) is 4.39 Å². The molecule has 1 amide bonds. The van der Waals surface area contributed by atoms with Gasteiger partial charge in [-0.15, -0.1) is 0 Å². The topological polar surface area (TPSA) is 76.5 Å². The molecule has 1 aromatic heterocycles. The van der Waals surface area contributed by atoms with Gasteiger partial charge in [0.1, 0.15) is 29.2 Å². The van der Waals surface area contributed by atoms with Crippen molar-refractivity contribution >= 4 is 11.6 Å². The average Bonchev–Trinajstić information content (AvgIpc) is 3.24. The zero-order valence-electron chi connectivity index (χ0n) is 16.5. The first-order chi connectivity index (χ1) is 14.1. The molecule has 0 bridgehead atoms. The smallest absolute Gasteiger partial charge is 0.270 e. The highest BCUT2D eigenvalue weighted by Crippen LogP contribution is 2.32. The van der Waals surface area contributed by atoms with Crippen LogP contribution in [0.2, 0.25) is 0 Å². The zero-order valence-corrected chi connectivity index (χ0v) is 16.5. The molecule has 2 aromatic rings. The summed E-state index contributed by atoms with van der Waals surface area (Å²) in [4.78, 5) is 27.0. The number of nitrogens with zero attached hydrogens (tertiary/aromatic N) is 3. The van der Waals surface area contributed by atoms with Crippen molar-refractivity contribution in [3.63, 3.8) is 0 Å². The number of nitrogens with one attached hydrogen (secondary N) is 1. The second kappa shape index (κ2) is 8.68. The third-order valence-electron chi connectivity index (χ3n) is 5.60. The van der Waals surface area contributed by atoms with Crippen LogP contribution in [0.15, 0.2) is 35.5 Å². The van der Waals surface area contributed by atoms with E-state index in [1.165, 1.54) is 44.2 Å². The summed E-state index contributed by atoms with van der Waals surface area (Å²) in [6.07, 6.45) is 7.02. The van der Waals surface area contributed by atoms with Crippen molar-refractivity contribution in [1.82, 2.24) is 15.3 Å². The molecule has 0 saturated heterocycles. The number of benzene rings is 1. The van der Waals surface area contributed by atoms with Crippen molar-refractivity contribution in [2.75, 3.05) is 0 Å². The molecule has 0 spiro atoms. The fourth-order valence-electron chi connectivity index (χ4n) is 4.01. The number of hydrogen-bond acceptors (Lipinski definition) is 5. The van der Waals surface area contributed by atoms with E-state index in [1.807, 2.05) is 0 Å². The second-order valence-corrected chi connectivity index (χ2v) is 7.78. The van der Waals surface area contributed by atoms with Crippen LogP contribution in [0.25, 0.3) is 0 Å². The van der Waals surface area contributed by atoms with Crippen molar-refractivity contribution in [2.45, 2.75) is 58.1 Å². The van der Waals surface area contributed by atoms with Gasteiger partial charge in [-0.2, -0.15) is 0 Å². The number of aromatic nitrogens is 2. The molecule has 1 aromatic carbocycles. The third-order valence-corrected chi connectivity index (χ3v) is 5.60. The van der Waals surface area contributed by atoms with Crippen LogP contribution in [0.5, 0.6) is 0 Å². The summed E-state index contributed by atoms with van der Waals surface area (Å²) in [7, 11) is 0. The van der Waals surface area contributed by atoms with Crippen molar-refractivity contribution in [3.05, 3.63) is 58.9 Å². The SMILES string of the molecule is Cc1nc(C(=O)NCc2ccc(F)cc2)cc(C2=NOC(C3CCCCC3)C2)n1. The van der Waals surface area contributed by atoms with Gasteiger partial charge in [-0.1, -0.05) is 36.6 Å². The van der Waals surface area contributed by atoms with E-state index in [0.717, 1.165) is 17.7 Å². The Morgan fingerprint density at radius 2 is 1.93 bits per heavy atom. The first kappa shape index (κ1) is 19.5. The van der Waals surface area contributed by atoms with Gasteiger partial charge in [0.05, 0.1) is 5.69 Å². The molecule has 2 heterocycles. The number of aryl methyl sites for hydroxylation is 1. The van der Waals surface area contributed by atoms with Gasteiger partial charge in [0.2, 0.25) is 0 Å². The van der Waals surface area contributed by atoms with E-state index in [0.29, 0.717) is 29.7 Å². The molecular formula is C22H25FN4O2. The molecule has 1 N–H and O–H groups in total. The number of hydrogen-bond donors (Lipinski definition) is 1. The fourth-order valence-corrected chi connectivity index (χ4v) is 4.01. The first-order valence-electron chi connectivity index (χ1n) is 10.2. The van der Waals surface area contributed by atoms with Crippen LogP contribution in [-0.2, 0) is 11.4 Å². The summed E-state index contributed by atoms with van der Waals surface area (Å²) in [5.74, 6) is 0.455. The molecule has 1 unspecified atom stereocenters. The monoisotopic (exact) mass is 396 g/mol. The van der Waals surface area contributed by atoms with Gasteiger partial charge in [-0.3, -0.25) is 4.79 Å². The molecule has 4 rings (SSSR count). The van der Waals surface area contributed by atoms with E-state index in [9.17, 15) is 9.18 Å². The maximum Gasteiger partial charge on any atom is 0.270 e. The molecule has 1 atom stereocenters. The molecule has 0 radical (unpaired) electrons. The maximum absolute atomic E-state index is 13.0. The number of amides is 1. The maximum atomic E-state index is 13.0. The largest absolute Gasteiger partial charge is 0.391 e. The Morgan fingerprint density at radius 3 is 2.69 bits per heavy atom. The van der Waals surface area contributed by atoms with Crippen LogP contribution in [0, 0.1) is 18.7 Å². The molecular weight excluding hydrogens is 371 g/mol. The molecule has 152 valence electrons. The van der Waals surface area contributed by atoms with Gasteiger partial charge in [0.25, 0.3) is 5.91 Å². The Bertz CT molecular complexity index is 908.